The van der Waals surface area contributed by atoms with Crippen molar-refractivity contribution < 1.29 is 9.15 Å². The fourth-order valence-electron chi connectivity index (χ4n) is 2.53. The summed E-state index contributed by atoms with van der Waals surface area (Å²) in [5, 5.41) is 0.842. The number of benzene rings is 1. The van der Waals surface area contributed by atoms with E-state index in [0.717, 1.165) is 28.0 Å². The van der Waals surface area contributed by atoms with E-state index in [1.165, 1.54) is 0 Å². The molecule has 0 aliphatic carbocycles. The molecule has 4 nitrogen and oxygen atoms in total. The second kappa shape index (κ2) is 5.57. The molecule has 0 aliphatic heterocycles. The number of ether oxygens (including phenoxy) is 1. The summed E-state index contributed by atoms with van der Waals surface area (Å²) in [4.78, 5) is 8.53. The third-order valence-corrected chi connectivity index (χ3v) is 3.66. The van der Waals surface area contributed by atoms with Crippen LogP contribution in [-0.4, -0.2) is 9.97 Å². The number of pyridine rings is 2. The van der Waals surface area contributed by atoms with Crippen LogP contribution in [0.15, 0.2) is 71.5 Å². The largest absolute Gasteiger partial charge is 0.453 e. The lowest BCUT2D eigenvalue weighted by Gasteiger charge is -2.07. The number of aryl methyl sites for hydroxylation is 1. The second-order valence-corrected chi connectivity index (χ2v) is 5.18. The molecule has 4 heteroatoms. The Labute approximate surface area is 133 Å². The zero-order valence-electron chi connectivity index (χ0n) is 12.6. The maximum absolute atomic E-state index is 6.11. The van der Waals surface area contributed by atoms with E-state index in [9.17, 15) is 0 Å². The van der Waals surface area contributed by atoms with Crippen LogP contribution in [0.25, 0.3) is 22.3 Å². The lowest BCUT2D eigenvalue weighted by Crippen LogP contribution is -1.89. The van der Waals surface area contributed by atoms with Gasteiger partial charge in [0.15, 0.2) is 11.5 Å². The Morgan fingerprint density at radius 3 is 2.65 bits per heavy atom. The molecule has 4 aromatic rings. The van der Waals surface area contributed by atoms with Crippen LogP contribution in [0.4, 0.5) is 0 Å². The average Bonchev–Trinajstić information content (AvgIpc) is 2.95. The van der Waals surface area contributed by atoms with Gasteiger partial charge in [-0.1, -0.05) is 18.2 Å². The van der Waals surface area contributed by atoms with Crippen LogP contribution < -0.4 is 4.74 Å². The van der Waals surface area contributed by atoms with E-state index in [1.54, 1.807) is 18.6 Å². The highest BCUT2D eigenvalue weighted by molar-refractivity contribution is 5.91. The van der Waals surface area contributed by atoms with Crippen LogP contribution in [0, 0.1) is 6.92 Å². The van der Waals surface area contributed by atoms with Gasteiger partial charge < -0.3 is 9.15 Å². The standard InChI is InChI=1S/C19H14N2O2/c1-13-15(8-5-10-21-13)18-19(22-14-6-3-2-4-7-14)16-12-20-11-9-17(16)23-18/h2-12H,1H3. The monoisotopic (exact) mass is 302 g/mol. The zero-order valence-corrected chi connectivity index (χ0v) is 12.6. The minimum absolute atomic E-state index is 0.662. The predicted molar refractivity (Wildman–Crippen MR) is 88.5 cm³/mol. The smallest absolute Gasteiger partial charge is 0.183 e. The fraction of sp³-hybridized carbons (Fsp3) is 0.0526. The Hall–Kier alpha value is -3.14. The molecule has 0 saturated heterocycles. The van der Waals surface area contributed by atoms with Crippen molar-refractivity contribution in [1.82, 2.24) is 9.97 Å². The summed E-state index contributed by atoms with van der Waals surface area (Å²) in [6.45, 7) is 1.95. The summed E-state index contributed by atoms with van der Waals surface area (Å²) in [7, 11) is 0. The summed E-state index contributed by atoms with van der Waals surface area (Å²) in [6.07, 6.45) is 5.23. The Kier molecular flexibility index (Phi) is 3.27. The van der Waals surface area contributed by atoms with E-state index in [-0.39, 0.29) is 0 Å². The predicted octanol–water partition coefficient (Wildman–Crippen LogP) is 4.99. The number of para-hydroxylation sites is 1. The number of hydrogen-bond donors (Lipinski definition) is 0. The second-order valence-electron chi connectivity index (χ2n) is 5.18. The normalized spacial score (nSPS) is 10.8. The molecular formula is C19H14N2O2. The lowest BCUT2D eigenvalue weighted by molar-refractivity contribution is 0.477. The molecule has 0 spiro atoms. The molecule has 0 amide bonds. The first-order valence-electron chi connectivity index (χ1n) is 7.34. The van der Waals surface area contributed by atoms with Gasteiger partial charge in [0.25, 0.3) is 0 Å². The van der Waals surface area contributed by atoms with Crippen molar-refractivity contribution in [2.45, 2.75) is 6.92 Å². The molecule has 3 aromatic heterocycles. The van der Waals surface area contributed by atoms with Gasteiger partial charge in [-0.15, -0.1) is 0 Å². The van der Waals surface area contributed by atoms with Crippen molar-refractivity contribution in [3.63, 3.8) is 0 Å². The third-order valence-electron chi connectivity index (χ3n) is 3.66. The molecule has 0 fully saturated rings. The van der Waals surface area contributed by atoms with Crippen LogP contribution in [-0.2, 0) is 0 Å². The van der Waals surface area contributed by atoms with E-state index in [1.807, 2.05) is 55.5 Å². The van der Waals surface area contributed by atoms with Gasteiger partial charge in [0, 0.05) is 29.8 Å². The van der Waals surface area contributed by atoms with Gasteiger partial charge in [-0.05, 0) is 37.3 Å². The van der Waals surface area contributed by atoms with Crippen LogP contribution in [0.5, 0.6) is 11.5 Å². The summed E-state index contributed by atoms with van der Waals surface area (Å²) in [5.41, 5.74) is 2.54. The number of fused-ring (bicyclic) bond motifs is 1. The minimum atomic E-state index is 0.662. The first-order chi connectivity index (χ1) is 11.3. The molecule has 4 rings (SSSR count). The molecular weight excluding hydrogens is 288 g/mol. The van der Waals surface area contributed by atoms with E-state index in [2.05, 4.69) is 9.97 Å². The van der Waals surface area contributed by atoms with Crippen molar-refractivity contribution >= 4 is 11.0 Å². The number of hydrogen-bond acceptors (Lipinski definition) is 4. The quantitative estimate of drug-likeness (QED) is 0.535. The van der Waals surface area contributed by atoms with Crippen molar-refractivity contribution in [1.29, 1.82) is 0 Å². The maximum atomic E-state index is 6.11. The Bertz CT molecular complexity index is 961. The molecule has 1 aromatic carbocycles. The highest BCUT2D eigenvalue weighted by Crippen LogP contribution is 2.42. The SMILES string of the molecule is Cc1ncccc1-c1oc2ccncc2c1Oc1ccccc1. The first-order valence-corrected chi connectivity index (χ1v) is 7.34. The van der Waals surface area contributed by atoms with Crippen LogP contribution in [0.3, 0.4) is 0 Å². The molecule has 0 atom stereocenters. The van der Waals surface area contributed by atoms with Crippen LogP contribution in [0.2, 0.25) is 0 Å². The van der Waals surface area contributed by atoms with Gasteiger partial charge in [0.05, 0.1) is 5.39 Å². The average molecular weight is 302 g/mol. The maximum Gasteiger partial charge on any atom is 0.183 e. The molecule has 0 aliphatic rings. The minimum Gasteiger partial charge on any atom is -0.453 e. The van der Waals surface area contributed by atoms with Gasteiger partial charge in [0.1, 0.15) is 11.3 Å². The molecule has 23 heavy (non-hydrogen) atoms. The van der Waals surface area contributed by atoms with E-state index < -0.39 is 0 Å². The number of rotatable bonds is 3. The van der Waals surface area contributed by atoms with Crippen molar-refractivity contribution in [2.75, 3.05) is 0 Å². The van der Waals surface area contributed by atoms with Crippen molar-refractivity contribution in [3.8, 4) is 22.8 Å². The summed E-state index contributed by atoms with van der Waals surface area (Å²) in [6, 6.07) is 15.3. The van der Waals surface area contributed by atoms with Gasteiger partial charge in [-0.2, -0.15) is 0 Å². The van der Waals surface area contributed by atoms with Crippen LogP contribution >= 0.6 is 0 Å². The molecule has 112 valence electrons. The molecule has 0 saturated carbocycles. The fourth-order valence-corrected chi connectivity index (χ4v) is 2.53. The summed E-state index contributed by atoms with van der Waals surface area (Å²) >= 11 is 0. The van der Waals surface area contributed by atoms with E-state index in [0.29, 0.717) is 11.5 Å². The highest BCUT2D eigenvalue weighted by atomic mass is 16.5. The van der Waals surface area contributed by atoms with Gasteiger partial charge in [0.2, 0.25) is 0 Å². The lowest BCUT2D eigenvalue weighted by atomic mass is 10.1. The molecule has 3 heterocycles. The van der Waals surface area contributed by atoms with Gasteiger partial charge in [-0.25, -0.2) is 0 Å². The van der Waals surface area contributed by atoms with E-state index >= 15 is 0 Å². The molecule has 0 N–H and O–H groups in total. The zero-order chi connectivity index (χ0) is 15.6. The van der Waals surface area contributed by atoms with E-state index in [4.69, 9.17) is 9.15 Å². The van der Waals surface area contributed by atoms with Gasteiger partial charge >= 0.3 is 0 Å². The van der Waals surface area contributed by atoms with Gasteiger partial charge in [-0.3, -0.25) is 9.97 Å². The van der Waals surface area contributed by atoms with Crippen molar-refractivity contribution in [2.24, 2.45) is 0 Å². The number of furan rings is 1. The Morgan fingerprint density at radius 2 is 1.83 bits per heavy atom. The summed E-state index contributed by atoms with van der Waals surface area (Å²) < 4.78 is 12.1. The molecule has 0 unspecified atom stereocenters. The Morgan fingerprint density at radius 1 is 0.957 bits per heavy atom. The third kappa shape index (κ3) is 2.44. The number of nitrogens with zero attached hydrogens (tertiary/aromatic N) is 2. The van der Waals surface area contributed by atoms with Crippen molar-refractivity contribution in [3.05, 3.63) is 72.8 Å². The first kappa shape index (κ1) is 13.5. The molecule has 0 radical (unpaired) electrons. The van der Waals surface area contributed by atoms with Crippen LogP contribution in [0.1, 0.15) is 5.69 Å². The summed E-state index contributed by atoms with van der Waals surface area (Å²) in [5.74, 6) is 2.08. The highest BCUT2D eigenvalue weighted by Gasteiger charge is 2.20. The number of aromatic nitrogens is 2. The Balaban J connectivity index is 1.93. The topological polar surface area (TPSA) is 48.2 Å². The molecule has 0 bridgehead atoms.